The molecule has 9 heteroatoms. The van der Waals surface area contributed by atoms with Crippen molar-refractivity contribution in [1.82, 2.24) is 19.6 Å². The molecule has 1 N–H and O–H groups in total. The minimum atomic E-state index is -3.93. The van der Waals surface area contributed by atoms with Gasteiger partial charge in [0.25, 0.3) is 10.0 Å². The van der Waals surface area contributed by atoms with Crippen LogP contribution in [0.2, 0.25) is 0 Å². The molecule has 7 nitrogen and oxygen atoms in total. The fourth-order valence-corrected chi connectivity index (χ4v) is 4.94. The summed E-state index contributed by atoms with van der Waals surface area (Å²) in [5, 5.41) is 8.65. The van der Waals surface area contributed by atoms with Crippen molar-refractivity contribution < 1.29 is 12.8 Å². The Balaban J connectivity index is 1.97. The summed E-state index contributed by atoms with van der Waals surface area (Å²) in [5.74, 6) is -0.574. The highest BCUT2D eigenvalue weighted by Gasteiger charge is 2.28. The van der Waals surface area contributed by atoms with E-state index in [0.717, 1.165) is 17.5 Å². The molecule has 0 saturated heterocycles. The fraction of sp³-hybridized carbons (Fsp3) is 0.400. The molecule has 0 fully saturated rings. The zero-order valence-corrected chi connectivity index (χ0v) is 18.5. The van der Waals surface area contributed by atoms with Gasteiger partial charge in [0.2, 0.25) is 0 Å². The number of rotatable bonds is 4. The maximum atomic E-state index is 14.7. The molecular formula is C20H26FN5O2S. The monoisotopic (exact) mass is 419 g/mol. The quantitative estimate of drug-likeness (QED) is 0.693. The van der Waals surface area contributed by atoms with E-state index in [0.29, 0.717) is 11.4 Å². The molecule has 0 saturated carbocycles. The summed E-state index contributed by atoms with van der Waals surface area (Å²) >= 11 is 0. The van der Waals surface area contributed by atoms with Gasteiger partial charge in [-0.2, -0.15) is 10.2 Å². The molecule has 0 aliphatic carbocycles. The Hall–Kier alpha value is -2.68. The SMILES string of the molecule is Cc1cc(C)n(-c2ccc(NS(=O)(=O)c3c(C)nn(C(C)(C)C)c3C)cc2F)n1. The highest BCUT2D eigenvalue weighted by molar-refractivity contribution is 7.92. The van der Waals surface area contributed by atoms with Crippen LogP contribution in [0.3, 0.4) is 0 Å². The smallest absolute Gasteiger partial charge is 0.265 e. The summed E-state index contributed by atoms with van der Waals surface area (Å²) in [6.07, 6.45) is 0. The van der Waals surface area contributed by atoms with Crippen LogP contribution in [0.15, 0.2) is 29.2 Å². The molecule has 0 radical (unpaired) electrons. The Kier molecular flexibility index (Phi) is 5.06. The van der Waals surface area contributed by atoms with Crippen molar-refractivity contribution in [1.29, 1.82) is 0 Å². The van der Waals surface area contributed by atoms with Gasteiger partial charge < -0.3 is 0 Å². The Morgan fingerprint density at radius 1 is 1.03 bits per heavy atom. The molecule has 156 valence electrons. The van der Waals surface area contributed by atoms with Crippen LogP contribution < -0.4 is 4.72 Å². The van der Waals surface area contributed by atoms with Gasteiger partial charge in [-0.25, -0.2) is 17.5 Å². The van der Waals surface area contributed by atoms with Crippen LogP contribution in [0.1, 0.15) is 43.5 Å². The second-order valence-electron chi connectivity index (χ2n) is 8.19. The van der Waals surface area contributed by atoms with Crippen molar-refractivity contribution in [2.24, 2.45) is 0 Å². The van der Waals surface area contributed by atoms with E-state index in [1.807, 2.05) is 40.7 Å². The molecule has 29 heavy (non-hydrogen) atoms. The van der Waals surface area contributed by atoms with Crippen molar-refractivity contribution in [3.05, 3.63) is 52.9 Å². The molecule has 3 aromatic rings. The second kappa shape index (κ2) is 6.98. The predicted octanol–water partition coefficient (Wildman–Crippen LogP) is 4.00. The minimum Gasteiger partial charge on any atom is -0.279 e. The Bertz CT molecular complexity index is 1190. The van der Waals surface area contributed by atoms with Gasteiger partial charge in [0.1, 0.15) is 10.6 Å². The molecular weight excluding hydrogens is 393 g/mol. The van der Waals surface area contributed by atoms with Gasteiger partial charge >= 0.3 is 0 Å². The van der Waals surface area contributed by atoms with Crippen LogP contribution in [0.4, 0.5) is 10.1 Å². The zero-order valence-electron chi connectivity index (χ0n) is 17.7. The minimum absolute atomic E-state index is 0.107. The first-order chi connectivity index (χ1) is 13.3. The average Bonchev–Trinajstić information content (AvgIpc) is 3.05. The van der Waals surface area contributed by atoms with Crippen molar-refractivity contribution in [3.63, 3.8) is 0 Å². The topological polar surface area (TPSA) is 81.8 Å². The lowest BCUT2D eigenvalue weighted by atomic mass is 10.1. The lowest BCUT2D eigenvalue weighted by molar-refractivity contribution is 0.345. The molecule has 0 bridgehead atoms. The molecule has 2 heterocycles. The molecule has 0 aliphatic heterocycles. The average molecular weight is 420 g/mol. The van der Waals surface area contributed by atoms with Gasteiger partial charge in [-0.1, -0.05) is 0 Å². The Morgan fingerprint density at radius 2 is 1.69 bits per heavy atom. The van der Waals surface area contributed by atoms with E-state index >= 15 is 0 Å². The number of anilines is 1. The third kappa shape index (κ3) is 3.91. The first-order valence-electron chi connectivity index (χ1n) is 9.24. The van der Waals surface area contributed by atoms with Crippen molar-refractivity contribution in [3.8, 4) is 5.69 Å². The first kappa shape index (κ1) is 21.0. The summed E-state index contributed by atoms with van der Waals surface area (Å²) < 4.78 is 46.4. The van der Waals surface area contributed by atoms with E-state index in [4.69, 9.17) is 0 Å². The van der Waals surface area contributed by atoms with E-state index in [1.165, 1.54) is 16.8 Å². The fourth-order valence-electron chi connectivity index (χ4n) is 3.49. The van der Waals surface area contributed by atoms with E-state index in [-0.39, 0.29) is 21.8 Å². The zero-order chi connectivity index (χ0) is 21.7. The highest BCUT2D eigenvalue weighted by Crippen LogP contribution is 2.28. The Labute approximate surface area is 170 Å². The Morgan fingerprint density at radius 3 is 2.17 bits per heavy atom. The molecule has 0 spiro atoms. The van der Waals surface area contributed by atoms with Gasteiger partial charge in [0.15, 0.2) is 5.82 Å². The number of nitrogens with zero attached hydrogens (tertiary/aromatic N) is 4. The van der Waals surface area contributed by atoms with Crippen molar-refractivity contribution >= 4 is 15.7 Å². The van der Waals surface area contributed by atoms with E-state index in [2.05, 4.69) is 14.9 Å². The number of aromatic nitrogens is 4. The number of aryl methyl sites for hydroxylation is 3. The van der Waals surface area contributed by atoms with Crippen LogP contribution in [0.5, 0.6) is 0 Å². The summed E-state index contributed by atoms with van der Waals surface area (Å²) in [6, 6.07) is 6.02. The molecule has 2 aromatic heterocycles. The molecule has 0 amide bonds. The van der Waals surface area contributed by atoms with Crippen LogP contribution >= 0.6 is 0 Å². The third-order valence-corrected chi connectivity index (χ3v) is 6.20. The lowest BCUT2D eigenvalue weighted by Gasteiger charge is -2.21. The second-order valence-corrected chi connectivity index (χ2v) is 9.81. The largest absolute Gasteiger partial charge is 0.279 e. The lowest BCUT2D eigenvalue weighted by Crippen LogP contribution is -2.25. The molecule has 0 atom stereocenters. The summed E-state index contributed by atoms with van der Waals surface area (Å²) in [4.78, 5) is 0.107. The van der Waals surface area contributed by atoms with Gasteiger partial charge in [0.05, 0.1) is 28.3 Å². The van der Waals surface area contributed by atoms with Crippen molar-refractivity contribution in [2.45, 2.75) is 58.9 Å². The van der Waals surface area contributed by atoms with Crippen LogP contribution in [-0.2, 0) is 15.6 Å². The van der Waals surface area contributed by atoms with Gasteiger partial charge in [-0.3, -0.25) is 9.40 Å². The van der Waals surface area contributed by atoms with Crippen LogP contribution in [0, 0.1) is 33.5 Å². The number of hydrogen-bond acceptors (Lipinski definition) is 4. The molecule has 0 unspecified atom stereocenters. The standard InChI is InChI=1S/C20H26FN5O2S/c1-12-10-13(2)25(22-12)18-9-8-16(11-17(18)21)24-29(27,28)19-14(3)23-26(15(19)4)20(5,6)7/h8-11,24H,1-7H3. The number of halogens is 1. The van der Waals surface area contributed by atoms with Gasteiger partial charge in [-0.15, -0.1) is 0 Å². The number of benzene rings is 1. The van der Waals surface area contributed by atoms with Crippen molar-refractivity contribution in [2.75, 3.05) is 4.72 Å². The molecule has 3 rings (SSSR count). The number of nitrogens with one attached hydrogen (secondary N) is 1. The summed E-state index contributed by atoms with van der Waals surface area (Å²) in [7, 11) is -3.93. The predicted molar refractivity (Wildman–Crippen MR) is 111 cm³/mol. The van der Waals surface area contributed by atoms with Crippen LogP contribution in [0.25, 0.3) is 5.69 Å². The van der Waals surface area contributed by atoms with Gasteiger partial charge in [-0.05, 0) is 66.7 Å². The van der Waals surface area contributed by atoms with E-state index in [1.54, 1.807) is 18.5 Å². The normalized spacial score (nSPS) is 12.4. The van der Waals surface area contributed by atoms with Gasteiger partial charge in [0, 0.05) is 11.8 Å². The summed E-state index contributed by atoms with van der Waals surface area (Å²) in [5.41, 5.74) is 2.51. The van der Waals surface area contributed by atoms with E-state index in [9.17, 15) is 12.8 Å². The maximum absolute atomic E-state index is 14.7. The highest BCUT2D eigenvalue weighted by atomic mass is 32.2. The first-order valence-corrected chi connectivity index (χ1v) is 10.7. The van der Waals surface area contributed by atoms with Crippen LogP contribution in [-0.4, -0.2) is 28.0 Å². The molecule has 0 aliphatic rings. The van der Waals surface area contributed by atoms with E-state index < -0.39 is 15.8 Å². The maximum Gasteiger partial charge on any atom is 0.265 e. The molecule has 1 aromatic carbocycles. The third-order valence-electron chi connectivity index (χ3n) is 4.57. The number of sulfonamides is 1. The number of hydrogen-bond donors (Lipinski definition) is 1. The summed E-state index contributed by atoms with van der Waals surface area (Å²) in [6.45, 7) is 12.9.